The number of nitrogens with zero attached hydrogens (tertiary/aromatic N) is 1. The number of hydrogen-bond donors (Lipinski definition) is 1. The number of nitrogens with one attached hydrogen (secondary N) is 1. The molecule has 0 aromatic heterocycles. The fraction of sp³-hybridized carbons (Fsp3) is 0.533. The molecule has 2 unspecified atom stereocenters. The molecule has 2 atom stereocenters. The van der Waals surface area contributed by atoms with Gasteiger partial charge in [-0.25, -0.2) is 0 Å². The molecule has 0 spiro atoms. The number of halogens is 1. The quantitative estimate of drug-likeness (QED) is 0.776. The van der Waals surface area contributed by atoms with Crippen LogP contribution in [0.1, 0.15) is 39.3 Å². The van der Waals surface area contributed by atoms with Gasteiger partial charge >= 0.3 is 0 Å². The van der Waals surface area contributed by atoms with Gasteiger partial charge in [0.15, 0.2) is 0 Å². The summed E-state index contributed by atoms with van der Waals surface area (Å²) in [6.45, 7) is 9.57. The van der Waals surface area contributed by atoms with Gasteiger partial charge in [0.25, 0.3) is 0 Å². The van der Waals surface area contributed by atoms with Crippen LogP contribution in [0.5, 0.6) is 0 Å². The Kier molecular flexibility index (Phi) is 6.79. The summed E-state index contributed by atoms with van der Waals surface area (Å²) < 4.78 is 1.22. The molecule has 1 N–H and O–H groups in total. The molecular formula is C15H23IN2O. The lowest BCUT2D eigenvalue weighted by molar-refractivity contribution is -0.132. The summed E-state index contributed by atoms with van der Waals surface area (Å²) in [6.07, 6.45) is 0. The van der Waals surface area contributed by atoms with Crippen LogP contribution in [0.2, 0.25) is 0 Å². The van der Waals surface area contributed by atoms with Crippen molar-refractivity contribution in [1.29, 1.82) is 0 Å². The molecule has 1 aromatic carbocycles. The minimum atomic E-state index is -0.158. The number of carbonyl (C=O) groups excluding carboxylic acids is 1. The third-order valence-electron chi connectivity index (χ3n) is 3.32. The van der Waals surface area contributed by atoms with E-state index in [1.165, 1.54) is 9.13 Å². The lowest BCUT2D eigenvalue weighted by Crippen LogP contribution is -2.45. The van der Waals surface area contributed by atoms with Crippen molar-refractivity contribution >= 4 is 28.5 Å². The Labute approximate surface area is 129 Å². The average Bonchev–Trinajstić information content (AvgIpc) is 2.40. The molecule has 0 aliphatic carbocycles. The van der Waals surface area contributed by atoms with Gasteiger partial charge in [-0.3, -0.25) is 10.1 Å². The predicted molar refractivity (Wildman–Crippen MR) is 88.1 cm³/mol. The Hall–Kier alpha value is -0.620. The van der Waals surface area contributed by atoms with E-state index in [9.17, 15) is 4.79 Å². The smallest absolute Gasteiger partial charge is 0.239 e. The molecule has 0 heterocycles. The zero-order valence-corrected chi connectivity index (χ0v) is 14.3. The van der Waals surface area contributed by atoms with Crippen LogP contribution in [0.25, 0.3) is 0 Å². The highest BCUT2D eigenvalue weighted by Crippen LogP contribution is 2.15. The molecule has 1 rings (SSSR count). The topological polar surface area (TPSA) is 32.3 Å². The third-order valence-corrected chi connectivity index (χ3v) is 4.03. The minimum Gasteiger partial charge on any atom is -0.342 e. The molecule has 0 aliphatic rings. The summed E-state index contributed by atoms with van der Waals surface area (Å²) in [5.41, 5.74) is 1.21. The second-order valence-corrected chi connectivity index (χ2v) is 5.92. The van der Waals surface area contributed by atoms with Gasteiger partial charge in [-0.2, -0.15) is 0 Å². The Bertz CT molecular complexity index is 401. The fourth-order valence-electron chi connectivity index (χ4n) is 2.10. The molecular weight excluding hydrogens is 351 g/mol. The maximum atomic E-state index is 12.2. The maximum Gasteiger partial charge on any atom is 0.239 e. The van der Waals surface area contributed by atoms with E-state index in [1.54, 1.807) is 0 Å². The third kappa shape index (κ3) is 4.76. The van der Waals surface area contributed by atoms with Gasteiger partial charge in [0.2, 0.25) is 5.91 Å². The van der Waals surface area contributed by atoms with Crippen molar-refractivity contribution in [1.82, 2.24) is 10.2 Å². The van der Waals surface area contributed by atoms with Gasteiger partial charge in [-0.15, -0.1) is 0 Å². The molecule has 106 valence electrons. The van der Waals surface area contributed by atoms with Gasteiger partial charge in [0.05, 0.1) is 6.04 Å². The number of rotatable bonds is 6. The van der Waals surface area contributed by atoms with Gasteiger partial charge in [-0.1, -0.05) is 12.1 Å². The molecule has 0 radical (unpaired) electrons. The highest BCUT2D eigenvalue weighted by molar-refractivity contribution is 14.1. The molecule has 0 aliphatic heterocycles. The van der Waals surface area contributed by atoms with Crippen LogP contribution in [-0.4, -0.2) is 29.9 Å². The number of benzene rings is 1. The second-order valence-electron chi connectivity index (χ2n) is 4.67. The van der Waals surface area contributed by atoms with Crippen LogP contribution in [0.4, 0.5) is 0 Å². The van der Waals surface area contributed by atoms with E-state index in [0.717, 1.165) is 13.1 Å². The SMILES string of the molecule is CCN(CC)C(=O)C(C)NC(C)c1ccc(I)cc1. The molecule has 1 aromatic rings. The molecule has 1 amide bonds. The zero-order chi connectivity index (χ0) is 14.4. The fourth-order valence-corrected chi connectivity index (χ4v) is 2.46. The van der Waals surface area contributed by atoms with Crippen molar-refractivity contribution < 1.29 is 4.79 Å². The number of amides is 1. The van der Waals surface area contributed by atoms with Gasteiger partial charge in [0, 0.05) is 22.7 Å². The minimum absolute atomic E-state index is 0.158. The molecule has 19 heavy (non-hydrogen) atoms. The summed E-state index contributed by atoms with van der Waals surface area (Å²) in [7, 11) is 0. The molecule has 0 saturated carbocycles. The summed E-state index contributed by atoms with van der Waals surface area (Å²) in [6, 6.07) is 8.40. The Morgan fingerprint density at radius 3 is 2.21 bits per heavy atom. The number of carbonyl (C=O) groups is 1. The van der Waals surface area contributed by atoms with Crippen molar-refractivity contribution in [3.8, 4) is 0 Å². The van der Waals surface area contributed by atoms with Crippen LogP contribution in [-0.2, 0) is 4.79 Å². The van der Waals surface area contributed by atoms with Gasteiger partial charge in [0.1, 0.15) is 0 Å². The first-order chi connectivity index (χ1) is 8.99. The van der Waals surface area contributed by atoms with E-state index in [2.05, 4.69) is 59.1 Å². The highest BCUT2D eigenvalue weighted by atomic mass is 127. The van der Waals surface area contributed by atoms with Crippen LogP contribution in [0.3, 0.4) is 0 Å². The normalized spacial score (nSPS) is 13.9. The van der Waals surface area contributed by atoms with Crippen LogP contribution >= 0.6 is 22.6 Å². The predicted octanol–water partition coefficient (Wildman–Crippen LogP) is 3.20. The second kappa shape index (κ2) is 7.85. The molecule has 0 fully saturated rings. The van der Waals surface area contributed by atoms with E-state index in [-0.39, 0.29) is 18.0 Å². The Morgan fingerprint density at radius 2 is 1.74 bits per heavy atom. The van der Waals surface area contributed by atoms with E-state index in [4.69, 9.17) is 0 Å². The summed E-state index contributed by atoms with van der Waals surface area (Å²) in [5.74, 6) is 0.169. The van der Waals surface area contributed by atoms with E-state index in [0.29, 0.717) is 0 Å². The molecule has 3 nitrogen and oxygen atoms in total. The van der Waals surface area contributed by atoms with Crippen molar-refractivity contribution in [2.75, 3.05) is 13.1 Å². The Morgan fingerprint density at radius 1 is 1.21 bits per heavy atom. The average molecular weight is 374 g/mol. The first-order valence-electron chi connectivity index (χ1n) is 6.79. The monoisotopic (exact) mass is 374 g/mol. The molecule has 4 heteroatoms. The van der Waals surface area contributed by atoms with Gasteiger partial charge < -0.3 is 4.90 Å². The van der Waals surface area contributed by atoms with Crippen molar-refractivity contribution in [2.45, 2.75) is 39.8 Å². The largest absolute Gasteiger partial charge is 0.342 e. The van der Waals surface area contributed by atoms with E-state index in [1.807, 2.05) is 25.7 Å². The summed E-state index contributed by atoms with van der Waals surface area (Å²) in [4.78, 5) is 14.0. The van der Waals surface area contributed by atoms with Crippen LogP contribution in [0, 0.1) is 3.57 Å². The van der Waals surface area contributed by atoms with Crippen molar-refractivity contribution in [2.24, 2.45) is 0 Å². The number of hydrogen-bond acceptors (Lipinski definition) is 2. The van der Waals surface area contributed by atoms with Crippen molar-refractivity contribution in [3.63, 3.8) is 0 Å². The molecule has 0 saturated heterocycles. The lowest BCUT2D eigenvalue weighted by Gasteiger charge is -2.26. The van der Waals surface area contributed by atoms with E-state index < -0.39 is 0 Å². The van der Waals surface area contributed by atoms with Crippen molar-refractivity contribution in [3.05, 3.63) is 33.4 Å². The zero-order valence-electron chi connectivity index (χ0n) is 12.1. The number of likely N-dealkylation sites (N-methyl/N-ethyl adjacent to an activating group) is 1. The standard InChI is InChI=1S/C15H23IN2O/c1-5-18(6-2)15(19)12(4)17-11(3)13-7-9-14(16)10-8-13/h7-12,17H,5-6H2,1-4H3. The lowest BCUT2D eigenvalue weighted by atomic mass is 10.1. The summed E-state index contributed by atoms with van der Waals surface area (Å²) in [5, 5.41) is 3.37. The van der Waals surface area contributed by atoms with E-state index >= 15 is 0 Å². The molecule has 0 bridgehead atoms. The van der Waals surface area contributed by atoms with Crippen LogP contribution < -0.4 is 5.32 Å². The van der Waals surface area contributed by atoms with Crippen LogP contribution in [0.15, 0.2) is 24.3 Å². The Balaban J connectivity index is 2.63. The summed E-state index contributed by atoms with van der Waals surface area (Å²) >= 11 is 2.29. The highest BCUT2D eigenvalue weighted by Gasteiger charge is 2.19. The first-order valence-corrected chi connectivity index (χ1v) is 7.87. The van der Waals surface area contributed by atoms with Gasteiger partial charge in [-0.05, 0) is 68.0 Å². The first kappa shape index (κ1) is 16.4. The maximum absolute atomic E-state index is 12.2.